The molecule has 5 heteroatoms. The maximum absolute atomic E-state index is 11.3. The van der Waals surface area contributed by atoms with Crippen LogP contribution in [0.2, 0.25) is 0 Å². The number of hydrogen-bond acceptors (Lipinski definition) is 3. The molecule has 1 atom stereocenters. The molecule has 0 saturated carbocycles. The highest BCUT2D eigenvalue weighted by molar-refractivity contribution is 5.72. The Balaban J connectivity index is 2.58. The van der Waals surface area contributed by atoms with Gasteiger partial charge in [0.25, 0.3) is 5.56 Å². The summed E-state index contributed by atoms with van der Waals surface area (Å²) in [6.07, 6.45) is 2.44. The molecule has 1 N–H and O–H groups in total. The third kappa shape index (κ3) is 1.12. The Morgan fingerprint density at radius 1 is 1.69 bits per heavy atom. The van der Waals surface area contributed by atoms with E-state index >= 15 is 0 Å². The molecule has 0 radical (unpaired) electrons. The minimum absolute atomic E-state index is 0.282. The molecule has 68 valence electrons. The van der Waals surface area contributed by atoms with Crippen LogP contribution >= 0.6 is 0 Å². The highest BCUT2D eigenvalue weighted by atomic mass is 16.4. The Hall–Kier alpha value is -1.65. The van der Waals surface area contributed by atoms with Crippen molar-refractivity contribution < 1.29 is 9.90 Å². The number of nitrogens with zero attached hydrogens (tertiary/aromatic N) is 2. The van der Waals surface area contributed by atoms with Gasteiger partial charge < -0.3 is 5.11 Å². The molecule has 1 aliphatic rings. The molecule has 2 heterocycles. The first-order valence-electron chi connectivity index (χ1n) is 3.99. The van der Waals surface area contributed by atoms with Crippen molar-refractivity contribution in [3.63, 3.8) is 0 Å². The smallest absolute Gasteiger partial charge is 0.326 e. The van der Waals surface area contributed by atoms with Crippen LogP contribution in [0.3, 0.4) is 0 Å². The SMILES string of the molecule is O=C(O)[C@H]1CCc2nccc(=O)n21. The standard InChI is InChI=1S/C8H8N2O3/c11-7-3-4-9-6-2-1-5(8(12)13)10(6)7/h3-5H,1-2H2,(H,12,13)/t5-/m1/s1. The van der Waals surface area contributed by atoms with Crippen LogP contribution in [0.15, 0.2) is 17.1 Å². The fraction of sp³-hybridized carbons (Fsp3) is 0.375. The first-order chi connectivity index (χ1) is 6.20. The van der Waals surface area contributed by atoms with Crippen LogP contribution in [-0.4, -0.2) is 20.6 Å². The van der Waals surface area contributed by atoms with E-state index in [1.54, 1.807) is 0 Å². The van der Waals surface area contributed by atoms with E-state index in [-0.39, 0.29) is 5.56 Å². The fourth-order valence-corrected chi connectivity index (χ4v) is 1.60. The molecule has 0 fully saturated rings. The number of aryl methyl sites for hydroxylation is 1. The van der Waals surface area contributed by atoms with E-state index in [9.17, 15) is 9.59 Å². The maximum atomic E-state index is 11.3. The summed E-state index contributed by atoms with van der Waals surface area (Å²) < 4.78 is 1.25. The lowest BCUT2D eigenvalue weighted by Crippen LogP contribution is -2.27. The van der Waals surface area contributed by atoms with Gasteiger partial charge in [-0.15, -0.1) is 0 Å². The van der Waals surface area contributed by atoms with Crippen molar-refractivity contribution >= 4 is 5.97 Å². The van der Waals surface area contributed by atoms with Gasteiger partial charge in [-0.1, -0.05) is 0 Å². The second-order valence-corrected chi connectivity index (χ2v) is 2.96. The zero-order valence-electron chi connectivity index (χ0n) is 6.80. The maximum Gasteiger partial charge on any atom is 0.326 e. The van der Waals surface area contributed by atoms with Gasteiger partial charge in [0.15, 0.2) is 0 Å². The van der Waals surface area contributed by atoms with Crippen LogP contribution in [0.1, 0.15) is 18.3 Å². The number of fused-ring (bicyclic) bond motifs is 1. The molecule has 0 aliphatic carbocycles. The zero-order valence-corrected chi connectivity index (χ0v) is 6.80. The van der Waals surface area contributed by atoms with Crippen LogP contribution in [0.5, 0.6) is 0 Å². The van der Waals surface area contributed by atoms with Gasteiger partial charge in [-0.3, -0.25) is 9.36 Å². The molecule has 1 aromatic rings. The number of carboxylic acids is 1. The van der Waals surface area contributed by atoms with Crippen molar-refractivity contribution in [3.05, 3.63) is 28.4 Å². The Bertz CT molecular complexity index is 410. The van der Waals surface area contributed by atoms with Gasteiger partial charge in [0.05, 0.1) is 0 Å². The monoisotopic (exact) mass is 180 g/mol. The van der Waals surface area contributed by atoms with Crippen molar-refractivity contribution in [2.75, 3.05) is 0 Å². The topological polar surface area (TPSA) is 72.2 Å². The van der Waals surface area contributed by atoms with Gasteiger partial charge >= 0.3 is 5.97 Å². The molecule has 1 aliphatic heterocycles. The van der Waals surface area contributed by atoms with Gasteiger partial charge in [0.2, 0.25) is 0 Å². The van der Waals surface area contributed by atoms with E-state index < -0.39 is 12.0 Å². The van der Waals surface area contributed by atoms with Crippen LogP contribution in [-0.2, 0) is 11.2 Å². The lowest BCUT2D eigenvalue weighted by atomic mass is 10.2. The van der Waals surface area contributed by atoms with Crippen molar-refractivity contribution in [3.8, 4) is 0 Å². The predicted octanol–water partition coefficient (Wildman–Crippen LogP) is -0.185. The molecular formula is C8H8N2O3. The fourth-order valence-electron chi connectivity index (χ4n) is 1.60. The number of carboxylic acid groups (broad SMARTS) is 1. The van der Waals surface area contributed by atoms with Gasteiger partial charge in [-0.05, 0) is 6.42 Å². The van der Waals surface area contributed by atoms with Crippen molar-refractivity contribution in [1.29, 1.82) is 0 Å². The number of aliphatic carboxylic acids is 1. The van der Waals surface area contributed by atoms with E-state index in [0.717, 1.165) is 0 Å². The summed E-state index contributed by atoms with van der Waals surface area (Å²) in [5.41, 5.74) is -0.282. The van der Waals surface area contributed by atoms with Gasteiger partial charge in [-0.25, -0.2) is 9.78 Å². The summed E-state index contributed by atoms with van der Waals surface area (Å²) in [5.74, 6) is -0.395. The molecule has 13 heavy (non-hydrogen) atoms. The quantitative estimate of drug-likeness (QED) is 0.650. The van der Waals surface area contributed by atoms with Crippen LogP contribution < -0.4 is 5.56 Å². The highest BCUT2D eigenvalue weighted by Crippen LogP contribution is 2.21. The zero-order chi connectivity index (χ0) is 9.42. The molecule has 0 aromatic carbocycles. The third-order valence-electron chi connectivity index (χ3n) is 2.19. The number of aromatic nitrogens is 2. The van der Waals surface area contributed by atoms with Crippen molar-refractivity contribution in [1.82, 2.24) is 9.55 Å². The highest BCUT2D eigenvalue weighted by Gasteiger charge is 2.29. The Kier molecular flexibility index (Phi) is 1.65. The van der Waals surface area contributed by atoms with E-state index in [2.05, 4.69) is 4.98 Å². The summed E-state index contributed by atoms with van der Waals surface area (Å²) in [4.78, 5) is 26.0. The minimum Gasteiger partial charge on any atom is -0.480 e. The average Bonchev–Trinajstić information content (AvgIpc) is 2.49. The van der Waals surface area contributed by atoms with Gasteiger partial charge in [-0.2, -0.15) is 0 Å². The molecule has 0 spiro atoms. The normalized spacial score (nSPS) is 19.8. The lowest BCUT2D eigenvalue weighted by molar-refractivity contribution is -0.140. The Morgan fingerprint density at radius 2 is 2.46 bits per heavy atom. The van der Waals surface area contributed by atoms with Crippen LogP contribution in [0.4, 0.5) is 0 Å². The molecule has 1 aromatic heterocycles. The summed E-state index contributed by atoms with van der Waals surface area (Å²) in [5, 5.41) is 8.80. The molecule has 0 unspecified atom stereocenters. The predicted molar refractivity (Wildman–Crippen MR) is 43.5 cm³/mol. The second kappa shape index (κ2) is 2.69. The first-order valence-corrected chi connectivity index (χ1v) is 3.99. The molecular weight excluding hydrogens is 172 g/mol. The van der Waals surface area contributed by atoms with Crippen molar-refractivity contribution in [2.24, 2.45) is 0 Å². The Labute approximate surface area is 73.7 Å². The van der Waals surface area contributed by atoms with Crippen molar-refractivity contribution in [2.45, 2.75) is 18.9 Å². The van der Waals surface area contributed by atoms with Crippen LogP contribution in [0.25, 0.3) is 0 Å². The first kappa shape index (κ1) is 7.97. The van der Waals surface area contributed by atoms with Gasteiger partial charge in [0, 0.05) is 18.7 Å². The van der Waals surface area contributed by atoms with E-state index in [1.165, 1.54) is 16.8 Å². The molecule has 2 rings (SSSR count). The second-order valence-electron chi connectivity index (χ2n) is 2.96. The third-order valence-corrected chi connectivity index (χ3v) is 2.19. The average molecular weight is 180 g/mol. The molecule has 0 amide bonds. The largest absolute Gasteiger partial charge is 0.480 e. The number of hydrogen-bond donors (Lipinski definition) is 1. The van der Waals surface area contributed by atoms with E-state index in [1.807, 2.05) is 0 Å². The summed E-state index contributed by atoms with van der Waals surface area (Å²) in [7, 11) is 0. The molecule has 0 saturated heterocycles. The lowest BCUT2D eigenvalue weighted by Gasteiger charge is -2.07. The summed E-state index contributed by atoms with van der Waals surface area (Å²) >= 11 is 0. The minimum atomic E-state index is -0.964. The van der Waals surface area contributed by atoms with Gasteiger partial charge in [0.1, 0.15) is 11.9 Å². The molecule has 0 bridgehead atoms. The van der Waals surface area contributed by atoms with Crippen LogP contribution in [0, 0.1) is 0 Å². The summed E-state index contributed by atoms with van der Waals surface area (Å²) in [6, 6.07) is 0.557. The van der Waals surface area contributed by atoms with E-state index in [0.29, 0.717) is 18.7 Å². The Morgan fingerprint density at radius 3 is 3.15 bits per heavy atom. The van der Waals surface area contributed by atoms with E-state index in [4.69, 9.17) is 5.11 Å². The summed E-state index contributed by atoms with van der Waals surface area (Å²) in [6.45, 7) is 0. The molecule has 5 nitrogen and oxygen atoms in total. The number of carbonyl (C=O) groups is 1. The number of rotatable bonds is 1.